The Balaban J connectivity index is 2.40. The Kier molecular flexibility index (Phi) is 3.01. The monoisotopic (exact) mass is 302 g/mol. The van der Waals surface area contributed by atoms with E-state index >= 15 is 0 Å². The predicted molar refractivity (Wildman–Crippen MR) is 61.2 cm³/mol. The summed E-state index contributed by atoms with van der Waals surface area (Å²) in [7, 11) is 0. The maximum Gasteiger partial charge on any atom is 0.325 e. The van der Waals surface area contributed by atoms with Crippen LogP contribution in [0.5, 0.6) is 0 Å². The lowest BCUT2D eigenvalue weighted by atomic mass is 10.3. The average molecular weight is 303 g/mol. The van der Waals surface area contributed by atoms with Crippen LogP contribution < -0.4 is 0 Å². The van der Waals surface area contributed by atoms with Crippen LogP contribution in [-0.2, 0) is 11.3 Å². The second-order valence-corrected chi connectivity index (χ2v) is 5.49. The van der Waals surface area contributed by atoms with Crippen molar-refractivity contribution in [3.63, 3.8) is 0 Å². The molecule has 0 amide bonds. The molecule has 0 atom stereocenters. The van der Waals surface area contributed by atoms with E-state index in [1.165, 1.54) is 16.0 Å². The molecule has 2 aromatic heterocycles. The fraction of sp³-hybridized carbons (Fsp3) is 0.250. The molecule has 1 N–H and O–H groups in total. The topological polar surface area (TPSA) is 80.9 Å². The number of halogens is 1. The molecule has 0 fully saturated rings. The van der Waals surface area contributed by atoms with E-state index in [0.29, 0.717) is 5.82 Å². The maximum absolute atomic E-state index is 10.6. The first-order chi connectivity index (χ1) is 7.58. The summed E-state index contributed by atoms with van der Waals surface area (Å²) in [6.45, 7) is 1.71. The van der Waals surface area contributed by atoms with Crippen molar-refractivity contribution in [1.82, 2.24) is 20.2 Å². The van der Waals surface area contributed by atoms with Crippen molar-refractivity contribution in [2.75, 3.05) is 0 Å². The SMILES string of the molecule is Cc1cc(-c2nnnn2CC(=O)O)sc1Br. The number of carbonyl (C=O) groups is 1. The summed E-state index contributed by atoms with van der Waals surface area (Å²) in [5.41, 5.74) is 1.07. The van der Waals surface area contributed by atoms with Gasteiger partial charge in [-0.25, -0.2) is 4.68 Å². The van der Waals surface area contributed by atoms with Crippen molar-refractivity contribution in [2.24, 2.45) is 0 Å². The first kappa shape index (κ1) is 11.2. The Morgan fingerprint density at radius 3 is 3.00 bits per heavy atom. The minimum Gasteiger partial charge on any atom is -0.480 e. The Bertz CT molecular complexity index is 516. The van der Waals surface area contributed by atoms with Gasteiger partial charge in [-0.1, -0.05) is 0 Å². The van der Waals surface area contributed by atoms with Crippen molar-refractivity contribution < 1.29 is 9.90 Å². The Morgan fingerprint density at radius 1 is 1.69 bits per heavy atom. The highest BCUT2D eigenvalue weighted by molar-refractivity contribution is 9.11. The molecule has 0 bridgehead atoms. The van der Waals surface area contributed by atoms with Crippen LogP contribution in [0.1, 0.15) is 5.56 Å². The number of tetrazole rings is 1. The van der Waals surface area contributed by atoms with Gasteiger partial charge in [0.1, 0.15) is 6.54 Å². The van der Waals surface area contributed by atoms with Gasteiger partial charge in [0.2, 0.25) is 0 Å². The molecule has 8 heteroatoms. The molecule has 0 saturated heterocycles. The second-order valence-electron chi connectivity index (χ2n) is 3.12. The van der Waals surface area contributed by atoms with Crippen molar-refractivity contribution in [2.45, 2.75) is 13.5 Å². The number of thiophene rings is 1. The molecule has 0 aliphatic rings. The number of nitrogens with zero attached hydrogens (tertiary/aromatic N) is 4. The van der Waals surface area contributed by atoms with Crippen molar-refractivity contribution >= 4 is 33.2 Å². The highest BCUT2D eigenvalue weighted by atomic mass is 79.9. The smallest absolute Gasteiger partial charge is 0.325 e. The lowest BCUT2D eigenvalue weighted by molar-refractivity contribution is -0.137. The van der Waals surface area contributed by atoms with E-state index in [4.69, 9.17) is 5.11 Å². The van der Waals surface area contributed by atoms with Crippen LogP contribution in [0.25, 0.3) is 10.7 Å². The van der Waals surface area contributed by atoms with Gasteiger partial charge in [-0.05, 0) is 44.9 Å². The van der Waals surface area contributed by atoms with Crippen LogP contribution in [0.2, 0.25) is 0 Å². The van der Waals surface area contributed by atoms with Gasteiger partial charge in [0.05, 0.1) is 8.66 Å². The van der Waals surface area contributed by atoms with Crippen LogP contribution in [0.3, 0.4) is 0 Å². The molecular formula is C8H7BrN4O2S. The molecule has 0 aliphatic carbocycles. The molecule has 84 valence electrons. The lowest BCUT2D eigenvalue weighted by Crippen LogP contribution is -2.11. The summed E-state index contributed by atoms with van der Waals surface area (Å²) in [5.74, 6) is -0.498. The van der Waals surface area contributed by atoms with E-state index in [2.05, 4.69) is 31.5 Å². The van der Waals surface area contributed by atoms with Gasteiger partial charge in [0.25, 0.3) is 0 Å². The number of rotatable bonds is 3. The average Bonchev–Trinajstić information content (AvgIpc) is 2.74. The molecule has 0 unspecified atom stereocenters. The van der Waals surface area contributed by atoms with Crippen molar-refractivity contribution in [1.29, 1.82) is 0 Å². The summed E-state index contributed by atoms with van der Waals surface area (Å²) in [5, 5.41) is 19.6. The zero-order valence-electron chi connectivity index (χ0n) is 8.21. The predicted octanol–water partition coefficient (Wildman–Crippen LogP) is 1.56. The molecule has 0 spiro atoms. The summed E-state index contributed by atoms with van der Waals surface area (Å²) in [6.07, 6.45) is 0. The number of hydrogen-bond donors (Lipinski definition) is 1. The molecule has 6 nitrogen and oxygen atoms in total. The molecule has 0 radical (unpaired) electrons. The number of carboxylic acids is 1. The largest absolute Gasteiger partial charge is 0.480 e. The Hall–Kier alpha value is -1.28. The van der Waals surface area contributed by atoms with Gasteiger partial charge in [-0.3, -0.25) is 4.79 Å². The standard InChI is InChI=1S/C8H7BrN4O2S/c1-4-2-5(16-7(4)9)8-10-11-12-13(8)3-6(14)15/h2H,3H2,1H3,(H,14,15). The van der Waals surface area contributed by atoms with Crippen LogP contribution in [-0.4, -0.2) is 31.3 Å². The van der Waals surface area contributed by atoms with Gasteiger partial charge in [-0.15, -0.1) is 16.4 Å². The quantitative estimate of drug-likeness (QED) is 0.930. The number of hydrogen-bond acceptors (Lipinski definition) is 5. The van der Waals surface area contributed by atoms with E-state index in [1.54, 1.807) is 0 Å². The van der Waals surface area contributed by atoms with E-state index in [-0.39, 0.29) is 6.54 Å². The normalized spacial score (nSPS) is 10.6. The summed E-state index contributed by atoms with van der Waals surface area (Å²) >= 11 is 4.88. The molecule has 2 rings (SSSR count). The zero-order valence-corrected chi connectivity index (χ0v) is 10.6. The van der Waals surface area contributed by atoms with Crippen LogP contribution >= 0.6 is 27.3 Å². The van der Waals surface area contributed by atoms with Gasteiger partial charge in [-0.2, -0.15) is 0 Å². The minimum absolute atomic E-state index is 0.239. The fourth-order valence-electron chi connectivity index (χ4n) is 1.19. The Labute approximate surface area is 103 Å². The molecule has 2 heterocycles. The second kappa shape index (κ2) is 4.30. The highest BCUT2D eigenvalue weighted by Crippen LogP contribution is 2.33. The number of carboxylic acid groups (broad SMARTS) is 1. The van der Waals surface area contributed by atoms with Crippen molar-refractivity contribution in [3.8, 4) is 10.7 Å². The lowest BCUT2D eigenvalue weighted by Gasteiger charge is -1.97. The number of aliphatic carboxylic acids is 1. The molecule has 2 aromatic rings. The van der Waals surface area contributed by atoms with E-state index in [0.717, 1.165) is 14.2 Å². The molecule has 16 heavy (non-hydrogen) atoms. The third kappa shape index (κ3) is 2.12. The van der Waals surface area contributed by atoms with Crippen LogP contribution in [0.4, 0.5) is 0 Å². The van der Waals surface area contributed by atoms with E-state index in [9.17, 15) is 4.79 Å². The highest BCUT2D eigenvalue weighted by Gasteiger charge is 2.14. The van der Waals surface area contributed by atoms with E-state index in [1.807, 2.05) is 13.0 Å². The van der Waals surface area contributed by atoms with Crippen LogP contribution in [0.15, 0.2) is 9.85 Å². The summed E-state index contributed by atoms with van der Waals surface area (Å²) < 4.78 is 2.26. The Morgan fingerprint density at radius 2 is 2.44 bits per heavy atom. The molecule has 0 saturated carbocycles. The first-order valence-corrected chi connectivity index (χ1v) is 5.93. The molecule has 0 aromatic carbocycles. The van der Waals surface area contributed by atoms with Gasteiger partial charge < -0.3 is 5.11 Å². The van der Waals surface area contributed by atoms with Gasteiger partial charge >= 0.3 is 5.97 Å². The first-order valence-electron chi connectivity index (χ1n) is 4.32. The number of aromatic nitrogens is 4. The van der Waals surface area contributed by atoms with Crippen LogP contribution in [0, 0.1) is 6.92 Å². The maximum atomic E-state index is 10.6. The minimum atomic E-state index is -0.971. The fourth-order valence-corrected chi connectivity index (χ4v) is 2.71. The summed E-state index contributed by atoms with van der Waals surface area (Å²) in [4.78, 5) is 11.4. The van der Waals surface area contributed by atoms with E-state index < -0.39 is 5.97 Å². The number of aryl methyl sites for hydroxylation is 1. The molecular weight excluding hydrogens is 296 g/mol. The summed E-state index contributed by atoms with van der Waals surface area (Å²) in [6, 6.07) is 1.92. The zero-order chi connectivity index (χ0) is 11.7. The third-order valence-corrected chi connectivity index (χ3v) is 4.03. The molecule has 0 aliphatic heterocycles. The third-order valence-electron chi connectivity index (χ3n) is 1.89. The van der Waals surface area contributed by atoms with Crippen molar-refractivity contribution in [3.05, 3.63) is 15.4 Å². The van der Waals surface area contributed by atoms with Gasteiger partial charge in [0, 0.05) is 0 Å². The van der Waals surface area contributed by atoms with Gasteiger partial charge in [0.15, 0.2) is 5.82 Å².